The first-order chi connectivity index (χ1) is 9.33. The molecule has 0 aliphatic rings. The van der Waals surface area contributed by atoms with Crippen LogP contribution in [-0.2, 0) is 25.3 Å². The molecule has 0 fully saturated rings. The van der Waals surface area contributed by atoms with Crippen molar-refractivity contribution in [3.05, 3.63) is 71.8 Å². The van der Waals surface area contributed by atoms with Crippen LogP contribution in [0.4, 0.5) is 0 Å². The number of rotatable bonds is 6. The van der Waals surface area contributed by atoms with E-state index < -0.39 is 5.79 Å². The molecule has 0 atom stereocenters. The van der Waals surface area contributed by atoms with E-state index in [1.54, 1.807) is 0 Å². The maximum Gasteiger partial charge on any atom is 0.284 e. The van der Waals surface area contributed by atoms with Gasteiger partial charge in [0.15, 0.2) is 0 Å². The fourth-order valence-corrected chi connectivity index (χ4v) is 1.92. The molecule has 0 heterocycles. The van der Waals surface area contributed by atoms with E-state index in [0.717, 1.165) is 11.1 Å². The van der Waals surface area contributed by atoms with Crippen molar-refractivity contribution in [3.63, 3.8) is 0 Å². The van der Waals surface area contributed by atoms with Gasteiger partial charge in [-0.1, -0.05) is 60.7 Å². The summed E-state index contributed by atoms with van der Waals surface area (Å²) in [5.74, 6) is -1.26. The lowest BCUT2D eigenvalue weighted by Gasteiger charge is -2.30. The Bertz CT molecular complexity index is 437. The zero-order valence-corrected chi connectivity index (χ0v) is 10.9. The lowest BCUT2D eigenvalue weighted by molar-refractivity contribution is -0.494. The van der Waals surface area contributed by atoms with Crippen molar-refractivity contribution in [1.29, 1.82) is 0 Å². The molecule has 100 valence electrons. The Labute approximate surface area is 112 Å². The molecule has 0 unspecified atom stereocenters. The van der Waals surface area contributed by atoms with Crippen molar-refractivity contribution < 1.29 is 19.6 Å². The van der Waals surface area contributed by atoms with Crippen LogP contribution in [0, 0.1) is 0 Å². The molecule has 0 amide bonds. The monoisotopic (exact) mass is 260 g/mol. The minimum Gasteiger partial charge on any atom is -0.236 e. The Balaban J connectivity index is 2.54. The molecule has 0 aliphatic heterocycles. The van der Waals surface area contributed by atoms with Crippen LogP contribution in [0.25, 0.3) is 0 Å². The van der Waals surface area contributed by atoms with E-state index in [0.29, 0.717) is 0 Å². The van der Waals surface area contributed by atoms with Crippen molar-refractivity contribution in [2.24, 2.45) is 0 Å². The quantitative estimate of drug-likeness (QED) is 0.454. The standard InChI is InChI=1S/C15H16O4/c1-16-18-15(19-17-2,13-9-5-3-6-10-13)14-11-7-4-8-12-14/h3-12H,1-2H3. The molecule has 0 bridgehead atoms. The van der Waals surface area contributed by atoms with E-state index in [1.165, 1.54) is 14.2 Å². The van der Waals surface area contributed by atoms with Gasteiger partial charge in [-0.15, -0.1) is 0 Å². The molecular weight excluding hydrogens is 244 g/mol. The van der Waals surface area contributed by atoms with Gasteiger partial charge in [0.05, 0.1) is 14.2 Å². The summed E-state index contributed by atoms with van der Waals surface area (Å²) in [6.07, 6.45) is 0. The number of hydrogen-bond acceptors (Lipinski definition) is 4. The Morgan fingerprint density at radius 2 is 1.00 bits per heavy atom. The maximum atomic E-state index is 5.39. The second kappa shape index (κ2) is 6.45. The highest BCUT2D eigenvalue weighted by atomic mass is 17.3. The molecule has 2 rings (SSSR count). The summed E-state index contributed by atoms with van der Waals surface area (Å²) in [6.45, 7) is 0. The van der Waals surface area contributed by atoms with Crippen LogP contribution in [0.3, 0.4) is 0 Å². The van der Waals surface area contributed by atoms with Crippen LogP contribution in [0.1, 0.15) is 11.1 Å². The molecule has 2 aromatic carbocycles. The first kappa shape index (κ1) is 13.7. The summed E-state index contributed by atoms with van der Waals surface area (Å²) in [6, 6.07) is 18.9. The molecule has 4 nitrogen and oxygen atoms in total. The Hall–Kier alpha value is -1.72. The van der Waals surface area contributed by atoms with E-state index in [-0.39, 0.29) is 0 Å². The highest BCUT2D eigenvalue weighted by molar-refractivity contribution is 5.33. The lowest BCUT2D eigenvalue weighted by Crippen LogP contribution is -2.34. The second-order valence-corrected chi connectivity index (χ2v) is 3.85. The molecular formula is C15H16O4. The molecule has 0 N–H and O–H groups in total. The van der Waals surface area contributed by atoms with Crippen molar-refractivity contribution in [2.45, 2.75) is 5.79 Å². The zero-order chi connectivity index (χ0) is 13.6. The van der Waals surface area contributed by atoms with Crippen molar-refractivity contribution in [3.8, 4) is 0 Å². The third kappa shape index (κ3) is 2.83. The Morgan fingerprint density at radius 1 is 0.632 bits per heavy atom. The van der Waals surface area contributed by atoms with Crippen molar-refractivity contribution in [2.75, 3.05) is 14.2 Å². The first-order valence-corrected chi connectivity index (χ1v) is 5.88. The fourth-order valence-electron chi connectivity index (χ4n) is 1.92. The van der Waals surface area contributed by atoms with Crippen LogP contribution in [0.2, 0.25) is 0 Å². The third-order valence-electron chi connectivity index (χ3n) is 2.71. The predicted molar refractivity (Wildman–Crippen MR) is 69.9 cm³/mol. The highest BCUT2D eigenvalue weighted by Gasteiger charge is 2.39. The van der Waals surface area contributed by atoms with Gasteiger partial charge in [-0.25, -0.2) is 9.78 Å². The van der Waals surface area contributed by atoms with Gasteiger partial charge in [0.2, 0.25) is 0 Å². The largest absolute Gasteiger partial charge is 0.284 e. The number of benzene rings is 2. The van der Waals surface area contributed by atoms with Crippen molar-refractivity contribution in [1.82, 2.24) is 0 Å². The molecule has 0 aliphatic carbocycles. The van der Waals surface area contributed by atoms with Crippen LogP contribution >= 0.6 is 0 Å². The van der Waals surface area contributed by atoms with E-state index in [2.05, 4.69) is 0 Å². The molecule has 0 spiro atoms. The van der Waals surface area contributed by atoms with Crippen LogP contribution in [0.5, 0.6) is 0 Å². The summed E-state index contributed by atoms with van der Waals surface area (Å²) < 4.78 is 0. The maximum absolute atomic E-state index is 5.39. The summed E-state index contributed by atoms with van der Waals surface area (Å²) in [5.41, 5.74) is 1.54. The van der Waals surface area contributed by atoms with Gasteiger partial charge in [0, 0.05) is 11.1 Å². The summed E-state index contributed by atoms with van der Waals surface area (Å²) in [4.78, 5) is 20.5. The van der Waals surface area contributed by atoms with Gasteiger partial charge in [-0.2, -0.15) is 9.78 Å². The fraction of sp³-hybridized carbons (Fsp3) is 0.200. The van der Waals surface area contributed by atoms with E-state index in [1.807, 2.05) is 60.7 Å². The minimum atomic E-state index is -1.26. The molecule has 4 heteroatoms. The summed E-state index contributed by atoms with van der Waals surface area (Å²) >= 11 is 0. The normalized spacial score (nSPS) is 11.5. The predicted octanol–water partition coefficient (Wildman–Crippen LogP) is 3.04. The number of hydrogen-bond donors (Lipinski definition) is 0. The van der Waals surface area contributed by atoms with Gasteiger partial charge in [-0.3, -0.25) is 0 Å². The average molecular weight is 260 g/mol. The van der Waals surface area contributed by atoms with Gasteiger partial charge < -0.3 is 0 Å². The molecule has 0 aromatic heterocycles. The molecule has 0 saturated carbocycles. The molecule has 0 radical (unpaired) electrons. The van der Waals surface area contributed by atoms with Gasteiger partial charge in [0.1, 0.15) is 0 Å². The highest BCUT2D eigenvalue weighted by Crippen LogP contribution is 2.35. The summed E-state index contributed by atoms with van der Waals surface area (Å²) in [7, 11) is 2.86. The average Bonchev–Trinajstić information content (AvgIpc) is 2.49. The molecule has 19 heavy (non-hydrogen) atoms. The van der Waals surface area contributed by atoms with Crippen LogP contribution in [0.15, 0.2) is 60.7 Å². The van der Waals surface area contributed by atoms with Gasteiger partial charge in [0.25, 0.3) is 5.79 Å². The molecule has 0 saturated heterocycles. The van der Waals surface area contributed by atoms with E-state index >= 15 is 0 Å². The first-order valence-electron chi connectivity index (χ1n) is 5.88. The third-order valence-corrected chi connectivity index (χ3v) is 2.71. The lowest BCUT2D eigenvalue weighted by atomic mass is 9.98. The Morgan fingerprint density at radius 3 is 1.32 bits per heavy atom. The second-order valence-electron chi connectivity index (χ2n) is 3.85. The minimum absolute atomic E-state index is 0.768. The SMILES string of the molecule is COOC(OOC)(c1ccccc1)c1ccccc1. The van der Waals surface area contributed by atoms with Crippen molar-refractivity contribution >= 4 is 0 Å². The van der Waals surface area contributed by atoms with Crippen LogP contribution in [-0.4, -0.2) is 14.2 Å². The van der Waals surface area contributed by atoms with E-state index in [4.69, 9.17) is 19.6 Å². The van der Waals surface area contributed by atoms with E-state index in [9.17, 15) is 0 Å². The van der Waals surface area contributed by atoms with Gasteiger partial charge in [-0.05, 0) is 0 Å². The smallest absolute Gasteiger partial charge is 0.236 e. The zero-order valence-electron chi connectivity index (χ0n) is 10.9. The summed E-state index contributed by atoms with van der Waals surface area (Å²) in [5, 5.41) is 0. The van der Waals surface area contributed by atoms with Gasteiger partial charge >= 0.3 is 0 Å². The topological polar surface area (TPSA) is 36.9 Å². The van der Waals surface area contributed by atoms with Crippen LogP contribution < -0.4 is 0 Å². The Kier molecular flexibility index (Phi) is 4.65. The molecule has 2 aromatic rings.